The molecule has 3 aliphatic rings. The topological polar surface area (TPSA) is 105 Å². The van der Waals surface area contributed by atoms with Crippen molar-refractivity contribution in [1.29, 1.82) is 0 Å². The molecule has 1 amide bonds. The second-order valence-electron chi connectivity index (χ2n) is 10.6. The molecule has 4 aromatic rings. The molecule has 2 aromatic heterocycles. The number of anilines is 1. The van der Waals surface area contributed by atoms with Crippen LogP contribution in [-0.2, 0) is 0 Å². The smallest absolute Gasteiger partial charge is 0.420 e. The van der Waals surface area contributed by atoms with Crippen LogP contribution in [0, 0.1) is 12.7 Å². The third kappa shape index (κ3) is 3.82. The van der Waals surface area contributed by atoms with Crippen LogP contribution in [-0.4, -0.2) is 62.0 Å². The van der Waals surface area contributed by atoms with E-state index in [-0.39, 0.29) is 45.2 Å². The highest BCUT2D eigenvalue weighted by molar-refractivity contribution is 5.98. The summed E-state index contributed by atoms with van der Waals surface area (Å²) in [5.74, 6) is -0.894. The van der Waals surface area contributed by atoms with Crippen molar-refractivity contribution in [1.82, 2.24) is 24.8 Å². The highest BCUT2D eigenvalue weighted by Crippen LogP contribution is 2.48. The number of halogens is 6. The molecule has 0 aliphatic carbocycles. The summed E-state index contributed by atoms with van der Waals surface area (Å²) in [7, 11) is 0. The zero-order valence-electron chi connectivity index (χ0n) is 21.6. The third-order valence-corrected chi connectivity index (χ3v) is 8.03. The molecule has 5 heterocycles. The molecular formula is C27H20F6N6O3. The summed E-state index contributed by atoms with van der Waals surface area (Å²) in [6, 6.07) is 5.86. The van der Waals surface area contributed by atoms with Crippen molar-refractivity contribution in [3.63, 3.8) is 0 Å². The van der Waals surface area contributed by atoms with Gasteiger partial charge in [0.15, 0.2) is 5.60 Å². The van der Waals surface area contributed by atoms with Gasteiger partial charge in [-0.05, 0) is 31.5 Å². The Morgan fingerprint density at radius 1 is 1.14 bits per heavy atom. The standard InChI is InChI=1S/C27H20F6N6O3/c1-11-14(8-34-25(35-11)38-9-26(41,10-38)27(31,32)33)13-5-18-16(6-15(13)28)36-22-17-7-19(39(18)22)21-12(23(40)37-17)3-2-4-20(21)42-24(29)30/h2-6,8,17,19,24,41H,7,9-10H2,1H3,(H,37,40)/t17-,19+/m1/s1. The Morgan fingerprint density at radius 3 is 2.60 bits per heavy atom. The molecule has 42 heavy (non-hydrogen) atoms. The second-order valence-corrected chi connectivity index (χ2v) is 10.6. The van der Waals surface area contributed by atoms with E-state index in [0.717, 1.165) is 0 Å². The zero-order valence-corrected chi connectivity index (χ0v) is 21.6. The molecule has 0 radical (unpaired) electrons. The van der Waals surface area contributed by atoms with Crippen molar-refractivity contribution < 1.29 is 41.0 Å². The fraction of sp³-hybridized carbons (Fsp3) is 0.333. The maximum absolute atomic E-state index is 15.5. The zero-order chi connectivity index (χ0) is 29.7. The van der Waals surface area contributed by atoms with E-state index in [4.69, 9.17) is 4.74 Å². The summed E-state index contributed by atoms with van der Waals surface area (Å²) < 4.78 is 87.6. The number of alkyl halides is 5. The molecule has 0 unspecified atom stereocenters. The summed E-state index contributed by atoms with van der Waals surface area (Å²) in [6.07, 6.45) is -3.19. The van der Waals surface area contributed by atoms with Crippen LogP contribution in [0.3, 0.4) is 0 Å². The van der Waals surface area contributed by atoms with Crippen molar-refractivity contribution in [3.8, 4) is 16.9 Å². The third-order valence-electron chi connectivity index (χ3n) is 8.03. The number of hydrogen-bond donors (Lipinski definition) is 2. The number of ether oxygens (including phenoxy) is 1. The van der Waals surface area contributed by atoms with Gasteiger partial charge in [0.05, 0.1) is 41.9 Å². The Balaban J connectivity index is 1.30. The van der Waals surface area contributed by atoms with Gasteiger partial charge in [0.25, 0.3) is 5.91 Å². The maximum Gasteiger partial charge on any atom is 0.420 e. The van der Waals surface area contributed by atoms with Crippen LogP contribution in [0.4, 0.5) is 32.3 Å². The normalized spacial score (nSPS) is 20.7. The van der Waals surface area contributed by atoms with Crippen molar-refractivity contribution >= 4 is 22.9 Å². The van der Waals surface area contributed by atoms with E-state index in [1.807, 2.05) is 0 Å². The molecule has 218 valence electrons. The minimum absolute atomic E-state index is 0.0409. The number of aromatic nitrogens is 4. The number of β-amino-alcohol motifs (C(OH)–C–C–N with tert-alkyl or cyclic N) is 1. The van der Waals surface area contributed by atoms with E-state index >= 15 is 4.39 Å². The molecule has 2 atom stereocenters. The number of hydrogen-bond acceptors (Lipinski definition) is 7. The van der Waals surface area contributed by atoms with E-state index in [9.17, 15) is 31.9 Å². The molecule has 7 rings (SSSR count). The Hall–Kier alpha value is -4.40. The summed E-state index contributed by atoms with van der Waals surface area (Å²) in [5.41, 5.74) is -1.03. The van der Waals surface area contributed by atoms with Gasteiger partial charge < -0.3 is 24.6 Å². The Morgan fingerprint density at radius 2 is 1.90 bits per heavy atom. The van der Waals surface area contributed by atoms with Gasteiger partial charge in [-0.2, -0.15) is 22.0 Å². The van der Waals surface area contributed by atoms with E-state index in [1.165, 1.54) is 41.4 Å². The van der Waals surface area contributed by atoms with E-state index in [0.29, 0.717) is 17.8 Å². The molecule has 9 nitrogen and oxygen atoms in total. The summed E-state index contributed by atoms with van der Waals surface area (Å²) >= 11 is 0. The fourth-order valence-electron chi connectivity index (χ4n) is 6.02. The number of amides is 1. The monoisotopic (exact) mass is 590 g/mol. The van der Waals surface area contributed by atoms with Gasteiger partial charge in [0.1, 0.15) is 17.4 Å². The Bertz CT molecular complexity index is 1780. The molecule has 2 aromatic carbocycles. The first-order valence-corrected chi connectivity index (χ1v) is 12.8. The molecular weight excluding hydrogens is 570 g/mol. The minimum Gasteiger partial charge on any atom is -0.434 e. The SMILES string of the molecule is Cc1nc(N2CC(O)(C(F)(F)F)C2)ncc1-c1cc2c(cc1F)nc1n2[C@H]2C[C@H]1NC(=O)c1cccc(OC(F)F)c12. The van der Waals surface area contributed by atoms with Crippen LogP contribution >= 0.6 is 0 Å². The van der Waals surface area contributed by atoms with Crippen LogP contribution < -0.4 is 15.0 Å². The number of aryl methyl sites for hydroxylation is 1. The van der Waals surface area contributed by atoms with Crippen LogP contribution in [0.2, 0.25) is 0 Å². The lowest BCUT2D eigenvalue weighted by Crippen LogP contribution is -2.69. The average molecular weight is 590 g/mol. The predicted octanol–water partition coefficient (Wildman–Crippen LogP) is 4.43. The average Bonchev–Trinajstić information content (AvgIpc) is 3.37. The van der Waals surface area contributed by atoms with Crippen LogP contribution in [0.25, 0.3) is 22.2 Å². The lowest BCUT2D eigenvalue weighted by Gasteiger charge is -2.46. The van der Waals surface area contributed by atoms with Gasteiger partial charge in [0, 0.05) is 34.5 Å². The fourth-order valence-corrected chi connectivity index (χ4v) is 6.02. The Kier molecular flexibility index (Phi) is 5.55. The predicted molar refractivity (Wildman–Crippen MR) is 135 cm³/mol. The molecule has 0 spiro atoms. The van der Waals surface area contributed by atoms with Crippen LogP contribution in [0.5, 0.6) is 5.75 Å². The van der Waals surface area contributed by atoms with Crippen molar-refractivity contribution in [2.24, 2.45) is 0 Å². The van der Waals surface area contributed by atoms with Crippen molar-refractivity contribution in [2.75, 3.05) is 18.0 Å². The molecule has 0 saturated carbocycles. The van der Waals surface area contributed by atoms with E-state index < -0.39 is 55.3 Å². The van der Waals surface area contributed by atoms with Gasteiger partial charge in [-0.1, -0.05) is 6.07 Å². The maximum atomic E-state index is 15.5. The number of aliphatic hydroxyl groups is 1. The quantitative estimate of drug-likeness (QED) is 0.339. The second kappa shape index (κ2) is 8.80. The summed E-state index contributed by atoms with van der Waals surface area (Å²) in [4.78, 5) is 27.0. The van der Waals surface area contributed by atoms with Crippen molar-refractivity contribution in [3.05, 3.63) is 65.0 Å². The number of imidazole rings is 1. The lowest BCUT2D eigenvalue weighted by molar-refractivity contribution is -0.267. The molecule has 1 fully saturated rings. The number of fused-ring (bicyclic) bond motifs is 9. The first kappa shape index (κ1) is 26.5. The van der Waals surface area contributed by atoms with Crippen LogP contribution in [0.15, 0.2) is 36.5 Å². The first-order valence-electron chi connectivity index (χ1n) is 12.8. The van der Waals surface area contributed by atoms with Gasteiger partial charge >= 0.3 is 12.8 Å². The Labute approximate surface area is 232 Å². The van der Waals surface area contributed by atoms with Gasteiger partial charge in [-0.15, -0.1) is 0 Å². The lowest BCUT2D eigenvalue weighted by atomic mass is 9.94. The van der Waals surface area contributed by atoms with Gasteiger partial charge in [0.2, 0.25) is 5.95 Å². The molecule has 3 aliphatic heterocycles. The molecule has 2 bridgehead atoms. The minimum atomic E-state index is -4.80. The van der Waals surface area contributed by atoms with Crippen molar-refractivity contribution in [2.45, 2.75) is 43.8 Å². The number of carbonyl (C=O) groups excluding carboxylic acids is 1. The largest absolute Gasteiger partial charge is 0.434 e. The van der Waals surface area contributed by atoms with Gasteiger partial charge in [-0.3, -0.25) is 4.79 Å². The number of carbonyl (C=O) groups is 1. The summed E-state index contributed by atoms with van der Waals surface area (Å²) in [5, 5.41) is 12.6. The number of nitrogens with zero attached hydrogens (tertiary/aromatic N) is 5. The first-order chi connectivity index (χ1) is 19.8. The number of nitrogens with one attached hydrogen (secondary N) is 1. The number of benzene rings is 2. The van der Waals surface area contributed by atoms with E-state index in [1.54, 1.807) is 11.5 Å². The summed E-state index contributed by atoms with van der Waals surface area (Å²) in [6.45, 7) is -3.02. The molecule has 2 N–H and O–H groups in total. The van der Waals surface area contributed by atoms with E-state index in [2.05, 4.69) is 20.3 Å². The highest BCUT2D eigenvalue weighted by Gasteiger charge is 2.61. The number of rotatable bonds is 4. The van der Waals surface area contributed by atoms with Gasteiger partial charge in [-0.25, -0.2) is 19.3 Å². The molecule has 15 heteroatoms. The highest BCUT2D eigenvalue weighted by atomic mass is 19.4. The van der Waals surface area contributed by atoms with Crippen LogP contribution in [0.1, 0.15) is 45.9 Å². The molecule has 1 saturated heterocycles.